The van der Waals surface area contributed by atoms with E-state index >= 15 is 0 Å². The summed E-state index contributed by atoms with van der Waals surface area (Å²) in [6, 6.07) is 0. The van der Waals surface area contributed by atoms with Crippen molar-refractivity contribution in [3.8, 4) is 0 Å². The van der Waals surface area contributed by atoms with Crippen molar-refractivity contribution in [2.24, 2.45) is 5.41 Å². The van der Waals surface area contributed by atoms with E-state index in [2.05, 4.69) is 0 Å². The van der Waals surface area contributed by atoms with Gasteiger partial charge >= 0.3 is 8.56 Å². The van der Waals surface area contributed by atoms with E-state index in [0.717, 1.165) is 0 Å². The summed E-state index contributed by atoms with van der Waals surface area (Å²) in [6.07, 6.45) is 0.310. The molecule has 0 radical (unpaired) electrons. The van der Waals surface area contributed by atoms with E-state index in [-0.39, 0.29) is 11.4 Å². The second-order valence-electron chi connectivity index (χ2n) is 4.95. The van der Waals surface area contributed by atoms with E-state index in [1.165, 1.54) is 6.92 Å². The molecule has 0 bridgehead atoms. The van der Waals surface area contributed by atoms with E-state index in [1.54, 1.807) is 13.1 Å². The average Bonchev–Trinajstić information content (AvgIpc) is 1.96. The SMILES string of the molecule is CC(=O)O[Si](C)(C)OC(=O)CC1(C)COC1. The van der Waals surface area contributed by atoms with Gasteiger partial charge in [0.1, 0.15) is 0 Å². The third-order valence-electron chi connectivity index (χ3n) is 2.22. The zero-order valence-corrected chi connectivity index (χ0v) is 11.2. The molecule has 0 amide bonds. The second-order valence-corrected chi connectivity index (χ2v) is 8.16. The van der Waals surface area contributed by atoms with Crippen LogP contribution in [0.25, 0.3) is 0 Å². The highest BCUT2D eigenvalue weighted by Crippen LogP contribution is 2.31. The van der Waals surface area contributed by atoms with Crippen LogP contribution in [-0.2, 0) is 23.2 Å². The summed E-state index contributed by atoms with van der Waals surface area (Å²) < 4.78 is 15.3. The highest BCUT2D eigenvalue weighted by molar-refractivity contribution is 6.67. The maximum atomic E-state index is 11.6. The van der Waals surface area contributed by atoms with Crippen LogP contribution in [0, 0.1) is 5.41 Å². The predicted molar refractivity (Wildman–Crippen MR) is 58.9 cm³/mol. The van der Waals surface area contributed by atoms with Crippen molar-refractivity contribution in [2.75, 3.05) is 13.2 Å². The van der Waals surface area contributed by atoms with Crippen LogP contribution in [-0.4, -0.2) is 33.7 Å². The molecule has 1 fully saturated rings. The minimum atomic E-state index is -2.66. The van der Waals surface area contributed by atoms with Gasteiger partial charge in [-0.2, -0.15) is 0 Å². The summed E-state index contributed by atoms with van der Waals surface area (Å²) in [5.41, 5.74) is -0.113. The molecule has 0 unspecified atom stereocenters. The molecule has 5 nitrogen and oxygen atoms in total. The zero-order valence-electron chi connectivity index (χ0n) is 10.2. The lowest BCUT2D eigenvalue weighted by molar-refractivity contribution is -0.153. The summed E-state index contributed by atoms with van der Waals surface area (Å²) in [6.45, 7) is 7.79. The number of rotatable bonds is 4. The van der Waals surface area contributed by atoms with Gasteiger partial charge in [0.15, 0.2) is 0 Å². The second kappa shape index (κ2) is 4.55. The molecule has 1 aliphatic rings. The summed E-state index contributed by atoms with van der Waals surface area (Å²) in [7, 11) is -2.66. The van der Waals surface area contributed by atoms with Gasteiger partial charge in [-0.05, 0) is 0 Å². The smallest absolute Gasteiger partial charge is 0.457 e. The number of hydrogen-bond acceptors (Lipinski definition) is 5. The molecule has 1 aliphatic heterocycles. The molecule has 0 aromatic rings. The van der Waals surface area contributed by atoms with Crippen molar-refractivity contribution in [3.63, 3.8) is 0 Å². The Bertz CT molecular complexity index is 296. The quantitative estimate of drug-likeness (QED) is 0.698. The normalized spacial score (nSPS) is 18.5. The zero-order chi connectivity index (χ0) is 12.4. The molecule has 16 heavy (non-hydrogen) atoms. The molecule has 1 heterocycles. The summed E-state index contributed by atoms with van der Waals surface area (Å²) in [5.74, 6) is -0.730. The van der Waals surface area contributed by atoms with Crippen LogP contribution >= 0.6 is 0 Å². The molecule has 1 rings (SSSR count). The van der Waals surface area contributed by atoms with Crippen LogP contribution in [0.5, 0.6) is 0 Å². The first-order valence-corrected chi connectivity index (χ1v) is 8.03. The highest BCUT2D eigenvalue weighted by Gasteiger charge is 2.39. The first-order chi connectivity index (χ1) is 7.22. The van der Waals surface area contributed by atoms with Gasteiger partial charge in [-0.25, -0.2) is 0 Å². The van der Waals surface area contributed by atoms with E-state index in [1.807, 2.05) is 6.92 Å². The number of carbonyl (C=O) groups excluding carboxylic acids is 2. The minimum absolute atomic E-state index is 0.113. The Labute approximate surface area is 96.3 Å². The van der Waals surface area contributed by atoms with Crippen molar-refractivity contribution in [1.82, 2.24) is 0 Å². The van der Waals surface area contributed by atoms with Crippen molar-refractivity contribution in [3.05, 3.63) is 0 Å². The van der Waals surface area contributed by atoms with Gasteiger partial charge in [-0.3, -0.25) is 9.59 Å². The molecule has 0 spiro atoms. The molecule has 0 atom stereocenters. The third-order valence-corrected chi connectivity index (χ3v) is 3.72. The Morgan fingerprint density at radius 1 is 1.31 bits per heavy atom. The van der Waals surface area contributed by atoms with Gasteiger partial charge < -0.3 is 13.6 Å². The fourth-order valence-corrected chi connectivity index (χ4v) is 2.93. The van der Waals surface area contributed by atoms with Crippen LogP contribution in [0.3, 0.4) is 0 Å². The average molecular weight is 246 g/mol. The van der Waals surface area contributed by atoms with E-state index in [4.69, 9.17) is 13.6 Å². The summed E-state index contributed by atoms with van der Waals surface area (Å²) in [4.78, 5) is 22.4. The van der Waals surface area contributed by atoms with Crippen molar-refractivity contribution < 1.29 is 23.2 Å². The van der Waals surface area contributed by atoms with Gasteiger partial charge in [-0.15, -0.1) is 0 Å². The fraction of sp³-hybridized carbons (Fsp3) is 0.800. The lowest BCUT2D eigenvalue weighted by Crippen LogP contribution is -2.45. The summed E-state index contributed by atoms with van der Waals surface area (Å²) >= 11 is 0. The molecule has 92 valence electrons. The standard InChI is InChI=1S/C10H18O5Si/c1-8(11)14-16(3,4)15-9(12)5-10(2)6-13-7-10/h5-7H2,1-4H3. The lowest BCUT2D eigenvalue weighted by atomic mass is 9.85. The lowest BCUT2D eigenvalue weighted by Gasteiger charge is -2.37. The maximum Gasteiger partial charge on any atom is 0.457 e. The van der Waals surface area contributed by atoms with E-state index < -0.39 is 14.5 Å². The predicted octanol–water partition coefficient (Wildman–Crippen LogP) is 1.22. The fourth-order valence-electron chi connectivity index (χ4n) is 1.58. The Balaban J connectivity index is 2.41. The summed E-state index contributed by atoms with van der Waals surface area (Å²) in [5, 5.41) is 0. The Morgan fingerprint density at radius 3 is 2.25 bits per heavy atom. The molecule has 0 N–H and O–H groups in total. The number of carbonyl (C=O) groups is 2. The van der Waals surface area contributed by atoms with Crippen LogP contribution in [0.15, 0.2) is 0 Å². The van der Waals surface area contributed by atoms with Gasteiger partial charge in [-0.1, -0.05) is 6.92 Å². The van der Waals surface area contributed by atoms with Crippen LogP contribution in [0.2, 0.25) is 13.1 Å². The van der Waals surface area contributed by atoms with Gasteiger partial charge in [0.05, 0.1) is 19.6 Å². The first kappa shape index (κ1) is 13.2. The van der Waals surface area contributed by atoms with Crippen LogP contribution in [0.4, 0.5) is 0 Å². The van der Waals surface area contributed by atoms with Crippen molar-refractivity contribution >= 4 is 20.5 Å². The van der Waals surface area contributed by atoms with Gasteiger partial charge in [0, 0.05) is 25.4 Å². The molecular weight excluding hydrogens is 228 g/mol. The van der Waals surface area contributed by atoms with E-state index in [9.17, 15) is 9.59 Å². The molecule has 0 saturated carbocycles. The van der Waals surface area contributed by atoms with E-state index in [0.29, 0.717) is 19.6 Å². The molecular formula is C10H18O5Si. The minimum Gasteiger partial charge on any atom is -0.485 e. The monoisotopic (exact) mass is 246 g/mol. The Kier molecular flexibility index (Phi) is 3.74. The molecule has 6 heteroatoms. The molecule has 0 aliphatic carbocycles. The Morgan fingerprint density at radius 2 is 1.88 bits per heavy atom. The van der Waals surface area contributed by atoms with Crippen molar-refractivity contribution in [2.45, 2.75) is 33.4 Å². The Hall–Kier alpha value is -0.883. The molecule has 1 saturated heterocycles. The maximum absolute atomic E-state index is 11.6. The third kappa shape index (κ3) is 3.94. The van der Waals surface area contributed by atoms with Gasteiger partial charge in [0.2, 0.25) is 0 Å². The molecule has 0 aromatic heterocycles. The van der Waals surface area contributed by atoms with Crippen LogP contribution < -0.4 is 0 Å². The first-order valence-electron chi connectivity index (χ1n) is 5.22. The highest BCUT2D eigenvalue weighted by atomic mass is 28.4. The van der Waals surface area contributed by atoms with Gasteiger partial charge in [0.25, 0.3) is 11.9 Å². The number of ether oxygens (including phenoxy) is 1. The largest absolute Gasteiger partial charge is 0.485 e. The topological polar surface area (TPSA) is 61.8 Å². The van der Waals surface area contributed by atoms with Crippen molar-refractivity contribution in [1.29, 1.82) is 0 Å². The van der Waals surface area contributed by atoms with Crippen LogP contribution in [0.1, 0.15) is 20.3 Å². The molecule has 0 aromatic carbocycles. The number of hydrogen-bond donors (Lipinski definition) is 0.